The van der Waals surface area contributed by atoms with E-state index in [0.29, 0.717) is 0 Å². The van der Waals surface area contributed by atoms with Crippen molar-refractivity contribution in [2.45, 2.75) is 18.9 Å². The number of thiophene rings is 1. The van der Waals surface area contributed by atoms with E-state index in [-0.39, 0.29) is 6.54 Å². The molecule has 0 unspecified atom stereocenters. The summed E-state index contributed by atoms with van der Waals surface area (Å²) >= 11 is 1.41. The third-order valence-corrected chi connectivity index (χ3v) is 3.68. The lowest BCUT2D eigenvalue weighted by Crippen LogP contribution is -2.38. The Labute approximate surface area is 118 Å². The molecule has 0 aliphatic rings. The smallest absolute Gasteiger partial charge is 0.306 e. The van der Waals surface area contributed by atoms with Crippen molar-refractivity contribution in [1.29, 1.82) is 0 Å². The van der Waals surface area contributed by atoms with Gasteiger partial charge in [0.1, 0.15) is 0 Å². The minimum Gasteiger partial charge on any atom is -0.306 e. The number of hydrogen-bond acceptors (Lipinski definition) is 2. The van der Waals surface area contributed by atoms with Crippen molar-refractivity contribution in [1.82, 2.24) is 5.32 Å². The fourth-order valence-corrected chi connectivity index (χ4v) is 2.55. The molecule has 2 aromatic rings. The van der Waals surface area contributed by atoms with Crippen LogP contribution in [0.1, 0.15) is 4.88 Å². The Kier molecular flexibility index (Phi) is 4.77. The number of rotatable bonds is 6. The van der Waals surface area contributed by atoms with Crippen LogP contribution in [0.15, 0.2) is 41.8 Å². The topological polar surface area (TPSA) is 12.0 Å². The van der Waals surface area contributed by atoms with Crippen LogP contribution in [-0.4, -0.2) is 18.9 Å². The average molecular weight is 303 g/mol. The summed E-state index contributed by atoms with van der Waals surface area (Å²) < 4.78 is 49.4. The first kappa shape index (κ1) is 15.0. The molecule has 1 nitrogen and oxygen atoms in total. The molecular weight excluding hydrogens is 290 g/mol. The van der Waals surface area contributed by atoms with Crippen molar-refractivity contribution in [2.24, 2.45) is 0 Å². The Bertz CT molecular complexity index is 539. The number of halogens is 4. The Morgan fingerprint density at radius 3 is 2.45 bits per heavy atom. The lowest BCUT2D eigenvalue weighted by Gasteiger charge is -2.15. The minimum absolute atomic E-state index is 0.153. The lowest BCUT2D eigenvalue weighted by molar-refractivity contribution is -0.125. The molecule has 0 saturated heterocycles. The van der Waals surface area contributed by atoms with Gasteiger partial charge in [-0.1, -0.05) is 30.3 Å². The zero-order valence-electron chi connectivity index (χ0n) is 10.5. The van der Waals surface area contributed by atoms with Crippen LogP contribution >= 0.6 is 11.3 Å². The highest BCUT2D eigenvalue weighted by atomic mass is 32.1. The molecule has 0 saturated carbocycles. The molecule has 0 fully saturated rings. The molecule has 0 amide bonds. The first-order valence-electron chi connectivity index (χ1n) is 5.98. The third-order valence-electron chi connectivity index (χ3n) is 2.74. The molecule has 2 rings (SSSR count). The molecule has 0 aliphatic carbocycles. The molecule has 0 aliphatic heterocycles. The van der Waals surface area contributed by atoms with Gasteiger partial charge in [0.05, 0.1) is 6.54 Å². The van der Waals surface area contributed by atoms with Gasteiger partial charge in [0, 0.05) is 11.4 Å². The maximum absolute atomic E-state index is 12.7. The van der Waals surface area contributed by atoms with Crippen LogP contribution in [0.3, 0.4) is 0 Å². The van der Waals surface area contributed by atoms with Crippen LogP contribution in [0.2, 0.25) is 0 Å². The van der Waals surface area contributed by atoms with E-state index in [1.807, 2.05) is 41.8 Å². The standard InChI is InChI=1S/C14H13F4NS/c15-13(16)14(17,18)9-19-7-12-6-11(8-20-12)10-4-2-1-3-5-10/h1-6,8,13,19H,7,9H2. The molecule has 1 heterocycles. The number of hydrogen-bond donors (Lipinski definition) is 1. The van der Waals surface area contributed by atoms with Gasteiger partial charge in [0.25, 0.3) is 0 Å². The molecule has 0 bridgehead atoms. The van der Waals surface area contributed by atoms with Crippen LogP contribution < -0.4 is 5.32 Å². The highest BCUT2D eigenvalue weighted by Crippen LogP contribution is 2.26. The highest BCUT2D eigenvalue weighted by molar-refractivity contribution is 7.10. The molecule has 1 aromatic heterocycles. The van der Waals surface area contributed by atoms with E-state index in [1.54, 1.807) is 0 Å². The van der Waals surface area contributed by atoms with E-state index in [9.17, 15) is 17.6 Å². The van der Waals surface area contributed by atoms with Gasteiger partial charge in [0.2, 0.25) is 0 Å². The van der Waals surface area contributed by atoms with Crippen LogP contribution in [0.25, 0.3) is 11.1 Å². The van der Waals surface area contributed by atoms with Crippen molar-refractivity contribution in [2.75, 3.05) is 6.54 Å². The quantitative estimate of drug-likeness (QED) is 0.780. The molecule has 0 radical (unpaired) electrons. The summed E-state index contributed by atoms with van der Waals surface area (Å²) in [6.45, 7) is -0.872. The Morgan fingerprint density at radius 1 is 1.10 bits per heavy atom. The first-order chi connectivity index (χ1) is 9.49. The zero-order valence-corrected chi connectivity index (χ0v) is 11.3. The molecule has 6 heteroatoms. The predicted molar refractivity (Wildman–Crippen MR) is 72.4 cm³/mol. The predicted octanol–water partition coefficient (Wildman–Crippen LogP) is 4.41. The maximum Gasteiger partial charge on any atom is 0.319 e. The van der Waals surface area contributed by atoms with E-state index in [4.69, 9.17) is 0 Å². The van der Waals surface area contributed by atoms with Crippen molar-refractivity contribution >= 4 is 11.3 Å². The second-order valence-corrected chi connectivity index (χ2v) is 5.33. The van der Waals surface area contributed by atoms with Gasteiger partial charge in [-0.15, -0.1) is 11.3 Å². The normalized spacial score (nSPS) is 12.1. The highest BCUT2D eigenvalue weighted by Gasteiger charge is 2.39. The summed E-state index contributed by atoms with van der Waals surface area (Å²) in [6, 6.07) is 11.5. The van der Waals surface area contributed by atoms with E-state index in [0.717, 1.165) is 16.0 Å². The van der Waals surface area contributed by atoms with Crippen LogP contribution in [-0.2, 0) is 6.54 Å². The summed E-state index contributed by atoms with van der Waals surface area (Å²) in [5.41, 5.74) is 2.03. The molecule has 108 valence electrons. The fraction of sp³-hybridized carbons (Fsp3) is 0.286. The van der Waals surface area contributed by atoms with Gasteiger partial charge in [-0.05, 0) is 22.6 Å². The minimum atomic E-state index is -3.99. The van der Waals surface area contributed by atoms with Crippen LogP contribution in [0, 0.1) is 0 Å². The van der Waals surface area contributed by atoms with E-state index in [1.165, 1.54) is 11.3 Å². The maximum atomic E-state index is 12.7. The number of benzene rings is 1. The number of nitrogens with one attached hydrogen (secondary N) is 1. The van der Waals surface area contributed by atoms with E-state index < -0.39 is 18.9 Å². The van der Waals surface area contributed by atoms with Crippen molar-refractivity contribution in [3.63, 3.8) is 0 Å². The van der Waals surface area contributed by atoms with Crippen LogP contribution in [0.4, 0.5) is 17.6 Å². The summed E-state index contributed by atoms with van der Waals surface area (Å²) in [5.74, 6) is -3.99. The van der Waals surface area contributed by atoms with Gasteiger partial charge in [-0.25, -0.2) is 8.78 Å². The summed E-state index contributed by atoms with van der Waals surface area (Å²) in [6.07, 6.45) is -3.64. The third kappa shape index (κ3) is 3.80. The Hall–Kier alpha value is -1.40. The molecule has 1 aromatic carbocycles. The largest absolute Gasteiger partial charge is 0.319 e. The fourth-order valence-electron chi connectivity index (χ4n) is 1.68. The Morgan fingerprint density at radius 2 is 1.80 bits per heavy atom. The van der Waals surface area contributed by atoms with Gasteiger partial charge in [-0.2, -0.15) is 8.78 Å². The molecular formula is C14H13F4NS. The van der Waals surface area contributed by atoms with E-state index in [2.05, 4.69) is 5.32 Å². The second-order valence-electron chi connectivity index (χ2n) is 4.33. The van der Waals surface area contributed by atoms with Crippen LogP contribution in [0.5, 0.6) is 0 Å². The molecule has 1 N–H and O–H groups in total. The Balaban J connectivity index is 1.91. The van der Waals surface area contributed by atoms with Crippen molar-refractivity contribution in [3.05, 3.63) is 46.7 Å². The first-order valence-corrected chi connectivity index (χ1v) is 6.86. The summed E-state index contributed by atoms with van der Waals surface area (Å²) in [4.78, 5) is 0.828. The summed E-state index contributed by atoms with van der Waals surface area (Å²) in [5, 5.41) is 4.28. The average Bonchev–Trinajstić information content (AvgIpc) is 2.88. The number of alkyl halides is 4. The second kappa shape index (κ2) is 6.37. The SMILES string of the molecule is FC(F)C(F)(F)CNCc1cc(-c2ccccc2)cs1. The zero-order chi connectivity index (χ0) is 14.6. The van der Waals surface area contributed by atoms with E-state index >= 15 is 0 Å². The summed E-state index contributed by atoms with van der Waals surface area (Å²) in [7, 11) is 0. The lowest BCUT2D eigenvalue weighted by atomic mass is 10.1. The van der Waals surface area contributed by atoms with Crippen molar-refractivity contribution in [3.8, 4) is 11.1 Å². The van der Waals surface area contributed by atoms with Gasteiger partial charge < -0.3 is 5.32 Å². The van der Waals surface area contributed by atoms with Gasteiger partial charge in [0.15, 0.2) is 0 Å². The van der Waals surface area contributed by atoms with Gasteiger partial charge >= 0.3 is 12.3 Å². The monoisotopic (exact) mass is 303 g/mol. The molecule has 0 spiro atoms. The van der Waals surface area contributed by atoms with Gasteiger partial charge in [-0.3, -0.25) is 0 Å². The molecule has 0 atom stereocenters. The van der Waals surface area contributed by atoms with Crippen molar-refractivity contribution < 1.29 is 17.6 Å². The molecule has 20 heavy (non-hydrogen) atoms.